The molecule has 8 nitrogen and oxygen atoms in total. The number of amides is 2. The van der Waals surface area contributed by atoms with Gasteiger partial charge in [-0.2, -0.15) is 0 Å². The van der Waals surface area contributed by atoms with Gasteiger partial charge in [0.15, 0.2) is 5.60 Å². The van der Waals surface area contributed by atoms with Crippen LogP contribution in [-0.2, 0) is 27.4 Å². The van der Waals surface area contributed by atoms with Gasteiger partial charge in [0.05, 0.1) is 13.2 Å². The quantitative estimate of drug-likeness (QED) is 0.581. The fourth-order valence-corrected chi connectivity index (χ4v) is 4.91. The minimum absolute atomic E-state index is 0.0701. The number of likely N-dealkylation sites (tertiary alicyclic amines) is 1. The van der Waals surface area contributed by atoms with Crippen LogP contribution < -0.4 is 5.56 Å². The van der Waals surface area contributed by atoms with Crippen molar-refractivity contribution in [2.75, 3.05) is 26.2 Å². The van der Waals surface area contributed by atoms with Crippen LogP contribution in [-0.4, -0.2) is 63.0 Å². The Morgan fingerprint density at radius 3 is 2.65 bits per heavy atom. The van der Waals surface area contributed by atoms with Crippen molar-refractivity contribution in [1.29, 1.82) is 0 Å². The highest BCUT2D eigenvalue weighted by Gasteiger charge is 2.58. The highest BCUT2D eigenvalue weighted by Crippen LogP contribution is 2.42. The Hall–Kier alpha value is -3.78. The first-order valence-electron chi connectivity index (χ1n) is 11.4. The van der Waals surface area contributed by atoms with Gasteiger partial charge in [-0.05, 0) is 23.3 Å². The summed E-state index contributed by atoms with van der Waals surface area (Å²) < 4.78 is 7.64. The maximum atomic E-state index is 13.8. The highest BCUT2D eigenvalue weighted by atomic mass is 16.5. The van der Waals surface area contributed by atoms with Crippen LogP contribution in [0.15, 0.2) is 84.0 Å². The summed E-state index contributed by atoms with van der Waals surface area (Å²) in [5.41, 5.74) is 0.532. The first-order valence-corrected chi connectivity index (χ1v) is 11.4. The predicted octanol–water partition coefficient (Wildman–Crippen LogP) is 1.67. The average Bonchev–Trinajstić information content (AvgIpc) is 3.12. The molecule has 0 N–H and O–H groups in total. The zero-order valence-corrected chi connectivity index (χ0v) is 18.7. The topological polar surface area (TPSA) is 84.7 Å². The third kappa shape index (κ3) is 4.12. The molecule has 2 atom stereocenters. The normalized spacial score (nSPS) is 22.4. The lowest BCUT2D eigenvalue weighted by molar-refractivity contribution is -0.168. The van der Waals surface area contributed by atoms with E-state index in [4.69, 9.17) is 4.74 Å². The molecule has 2 saturated heterocycles. The molecule has 2 aliphatic heterocycles. The Balaban J connectivity index is 1.44. The highest BCUT2D eigenvalue weighted by molar-refractivity contribution is 5.91. The van der Waals surface area contributed by atoms with Gasteiger partial charge in [0.1, 0.15) is 6.54 Å². The van der Waals surface area contributed by atoms with Crippen molar-refractivity contribution in [3.05, 3.63) is 101 Å². The Kier molecular flexibility index (Phi) is 5.98. The van der Waals surface area contributed by atoms with Gasteiger partial charge in [0.25, 0.3) is 11.5 Å². The Labute approximate surface area is 197 Å². The van der Waals surface area contributed by atoms with Crippen LogP contribution in [0.25, 0.3) is 0 Å². The van der Waals surface area contributed by atoms with Crippen LogP contribution in [0.4, 0.5) is 0 Å². The molecule has 34 heavy (non-hydrogen) atoms. The Bertz CT molecular complexity index is 1230. The van der Waals surface area contributed by atoms with Gasteiger partial charge >= 0.3 is 0 Å². The van der Waals surface area contributed by atoms with Gasteiger partial charge in [0.2, 0.25) is 5.91 Å². The summed E-state index contributed by atoms with van der Waals surface area (Å²) in [5.74, 6) is -0.561. The van der Waals surface area contributed by atoms with Crippen LogP contribution in [0.2, 0.25) is 0 Å². The van der Waals surface area contributed by atoms with E-state index in [2.05, 4.69) is 4.98 Å². The molecule has 0 saturated carbocycles. The smallest absolute Gasteiger partial charge is 0.257 e. The van der Waals surface area contributed by atoms with Crippen molar-refractivity contribution in [1.82, 2.24) is 19.4 Å². The minimum Gasteiger partial charge on any atom is -0.361 e. The van der Waals surface area contributed by atoms with Crippen LogP contribution >= 0.6 is 0 Å². The molecule has 4 heterocycles. The second-order valence-corrected chi connectivity index (χ2v) is 8.73. The first kappa shape index (κ1) is 22.0. The zero-order valence-electron chi connectivity index (χ0n) is 18.7. The summed E-state index contributed by atoms with van der Waals surface area (Å²) in [6.07, 6.45) is 5.06. The maximum absolute atomic E-state index is 13.8. The van der Waals surface area contributed by atoms with E-state index >= 15 is 0 Å². The lowest BCUT2D eigenvalue weighted by Gasteiger charge is -2.42. The van der Waals surface area contributed by atoms with Crippen molar-refractivity contribution in [3.63, 3.8) is 0 Å². The molecule has 0 aliphatic carbocycles. The number of hydrogen-bond donors (Lipinski definition) is 0. The third-order valence-corrected chi connectivity index (χ3v) is 6.62. The standard InChI is InChI=1S/C26H26N4O4/c31-23-10-4-5-12-28(23)18-24(32)29-13-14-34-26(19-29)22(21-8-2-1-3-9-21)17-30(25(26)33)16-20-7-6-11-27-15-20/h1-12,15,22H,13-14,16-19H2. The summed E-state index contributed by atoms with van der Waals surface area (Å²) in [6, 6.07) is 18.4. The zero-order chi connectivity index (χ0) is 23.5. The first-order chi connectivity index (χ1) is 16.6. The largest absolute Gasteiger partial charge is 0.361 e. The molecule has 2 aromatic heterocycles. The molecule has 2 aliphatic rings. The number of pyridine rings is 2. The number of rotatable bonds is 5. The molecule has 2 fully saturated rings. The molecular weight excluding hydrogens is 432 g/mol. The van der Waals surface area contributed by atoms with E-state index < -0.39 is 5.60 Å². The number of benzene rings is 1. The van der Waals surface area contributed by atoms with E-state index in [1.807, 2.05) is 42.5 Å². The van der Waals surface area contributed by atoms with Crippen molar-refractivity contribution in [3.8, 4) is 0 Å². The van der Waals surface area contributed by atoms with E-state index in [1.165, 1.54) is 10.6 Å². The van der Waals surface area contributed by atoms with Crippen LogP contribution in [0.1, 0.15) is 17.0 Å². The number of ether oxygens (including phenoxy) is 1. The molecule has 2 unspecified atom stereocenters. The lowest BCUT2D eigenvalue weighted by Crippen LogP contribution is -2.60. The number of morpholine rings is 1. The number of carbonyl (C=O) groups is 2. The fourth-order valence-electron chi connectivity index (χ4n) is 4.91. The van der Waals surface area contributed by atoms with Crippen LogP contribution in [0, 0.1) is 0 Å². The molecule has 0 radical (unpaired) electrons. The van der Waals surface area contributed by atoms with E-state index in [0.29, 0.717) is 19.6 Å². The molecule has 174 valence electrons. The van der Waals surface area contributed by atoms with Crippen LogP contribution in [0.3, 0.4) is 0 Å². The monoisotopic (exact) mass is 458 g/mol. The van der Waals surface area contributed by atoms with Crippen molar-refractivity contribution in [2.45, 2.75) is 24.6 Å². The molecule has 2 amide bonds. The van der Waals surface area contributed by atoms with Crippen LogP contribution in [0.5, 0.6) is 0 Å². The summed E-state index contributed by atoms with van der Waals surface area (Å²) in [7, 11) is 0. The molecule has 1 aromatic carbocycles. The van der Waals surface area contributed by atoms with Gasteiger partial charge in [-0.1, -0.05) is 42.5 Å². The molecule has 5 rings (SSSR count). The SMILES string of the molecule is O=C(Cn1ccccc1=O)N1CCOC2(C1)C(=O)N(Cc1cccnc1)CC2c1ccccc1. The van der Waals surface area contributed by atoms with Gasteiger partial charge in [-0.3, -0.25) is 19.4 Å². The fraction of sp³-hybridized carbons (Fsp3) is 0.308. The maximum Gasteiger partial charge on any atom is 0.257 e. The molecule has 1 spiro atoms. The number of nitrogens with zero attached hydrogens (tertiary/aromatic N) is 4. The van der Waals surface area contributed by atoms with Gasteiger partial charge in [-0.25, -0.2) is 0 Å². The second-order valence-electron chi connectivity index (χ2n) is 8.73. The number of aromatic nitrogens is 2. The van der Waals surface area contributed by atoms with Crippen molar-refractivity contribution in [2.24, 2.45) is 0 Å². The molecule has 8 heteroatoms. The minimum atomic E-state index is -1.17. The second kappa shape index (κ2) is 9.23. The van der Waals surface area contributed by atoms with Gasteiger partial charge < -0.3 is 19.1 Å². The molecule has 3 aromatic rings. The number of carbonyl (C=O) groups excluding carboxylic acids is 2. The average molecular weight is 459 g/mol. The van der Waals surface area contributed by atoms with Crippen molar-refractivity contribution < 1.29 is 14.3 Å². The third-order valence-electron chi connectivity index (χ3n) is 6.62. The predicted molar refractivity (Wildman–Crippen MR) is 125 cm³/mol. The van der Waals surface area contributed by atoms with E-state index in [0.717, 1.165) is 11.1 Å². The van der Waals surface area contributed by atoms with Gasteiger partial charge in [0, 0.05) is 50.2 Å². The van der Waals surface area contributed by atoms with Crippen molar-refractivity contribution >= 4 is 11.8 Å². The summed E-state index contributed by atoms with van der Waals surface area (Å²) in [6.45, 7) is 1.62. The van der Waals surface area contributed by atoms with E-state index in [1.54, 1.807) is 40.5 Å². The van der Waals surface area contributed by atoms with Gasteiger partial charge in [-0.15, -0.1) is 0 Å². The number of hydrogen-bond acceptors (Lipinski definition) is 5. The Morgan fingerprint density at radius 2 is 1.88 bits per heavy atom. The summed E-state index contributed by atoms with van der Waals surface area (Å²) in [4.78, 5) is 46.7. The van der Waals surface area contributed by atoms with E-state index in [-0.39, 0.29) is 43.0 Å². The summed E-state index contributed by atoms with van der Waals surface area (Å²) >= 11 is 0. The lowest BCUT2D eigenvalue weighted by atomic mass is 9.83. The Morgan fingerprint density at radius 1 is 1.06 bits per heavy atom. The molecular formula is C26H26N4O4. The molecule has 0 bridgehead atoms. The summed E-state index contributed by atoms with van der Waals surface area (Å²) in [5, 5.41) is 0. The van der Waals surface area contributed by atoms with E-state index in [9.17, 15) is 14.4 Å².